The Balaban J connectivity index is 1.97. The lowest BCUT2D eigenvalue weighted by molar-refractivity contribution is -0.143. The number of carbonyl (C=O) groups is 2. The average Bonchev–Trinajstić information content (AvgIpc) is 2.85. The average molecular weight is 226 g/mol. The van der Waals surface area contributed by atoms with Gasteiger partial charge in [0.2, 0.25) is 5.91 Å². The van der Waals surface area contributed by atoms with Gasteiger partial charge in [-0.15, -0.1) is 0 Å². The maximum atomic E-state index is 12.0. The molecule has 0 bridgehead atoms. The van der Waals surface area contributed by atoms with E-state index in [1.54, 1.807) is 4.90 Å². The van der Waals surface area contributed by atoms with Gasteiger partial charge in [0.1, 0.15) is 5.54 Å². The van der Waals surface area contributed by atoms with Crippen LogP contribution >= 0.6 is 0 Å². The summed E-state index contributed by atoms with van der Waals surface area (Å²) in [6.45, 7) is 0.649. The van der Waals surface area contributed by atoms with Crippen molar-refractivity contribution >= 4 is 11.9 Å². The normalized spacial score (nSPS) is 30.9. The molecule has 5 nitrogen and oxygen atoms in total. The van der Waals surface area contributed by atoms with Crippen molar-refractivity contribution in [1.29, 1.82) is 0 Å². The van der Waals surface area contributed by atoms with Gasteiger partial charge in [-0.05, 0) is 19.3 Å². The number of amides is 1. The molecule has 90 valence electrons. The molecular formula is C11H18N2O3. The Morgan fingerprint density at radius 1 is 1.31 bits per heavy atom. The molecule has 1 aliphatic heterocycles. The zero-order valence-corrected chi connectivity index (χ0v) is 9.32. The molecule has 0 aromatic carbocycles. The number of carboxylic acids is 1. The Hall–Kier alpha value is -1.10. The van der Waals surface area contributed by atoms with Crippen molar-refractivity contribution < 1.29 is 14.7 Å². The molecular weight excluding hydrogens is 208 g/mol. The summed E-state index contributed by atoms with van der Waals surface area (Å²) in [6, 6.07) is 0. The van der Waals surface area contributed by atoms with Gasteiger partial charge in [0.05, 0.1) is 0 Å². The van der Waals surface area contributed by atoms with Gasteiger partial charge in [-0.25, -0.2) is 0 Å². The van der Waals surface area contributed by atoms with E-state index in [2.05, 4.69) is 0 Å². The first kappa shape index (κ1) is 11.4. The van der Waals surface area contributed by atoms with Gasteiger partial charge in [0.15, 0.2) is 0 Å². The number of hydrogen-bond donors (Lipinski definition) is 2. The minimum Gasteiger partial charge on any atom is -0.480 e. The van der Waals surface area contributed by atoms with Crippen LogP contribution in [0.5, 0.6) is 0 Å². The number of nitrogens with two attached hydrogens (primary N) is 1. The molecule has 0 spiro atoms. The molecule has 1 saturated carbocycles. The fraction of sp³-hybridized carbons (Fsp3) is 0.818. The molecule has 0 aromatic rings. The standard InChI is InChI=1S/C11H18N2O3/c12-11(10(15)16)5-6-13(7-11)9(14)8-3-1-2-4-8/h8H,1-7,12H2,(H,15,16). The van der Waals surface area contributed by atoms with Crippen molar-refractivity contribution in [2.45, 2.75) is 37.6 Å². The molecule has 2 aliphatic rings. The van der Waals surface area contributed by atoms with Crippen LogP contribution in [0.4, 0.5) is 0 Å². The molecule has 1 atom stereocenters. The summed E-state index contributed by atoms with van der Waals surface area (Å²) in [6.07, 6.45) is 4.47. The highest BCUT2D eigenvalue weighted by Crippen LogP contribution is 2.29. The Morgan fingerprint density at radius 3 is 2.44 bits per heavy atom. The first-order chi connectivity index (χ1) is 7.53. The SMILES string of the molecule is NC1(C(=O)O)CCN(C(=O)C2CCCC2)C1. The second-order valence-electron chi connectivity index (χ2n) is 4.95. The van der Waals surface area contributed by atoms with E-state index in [0.717, 1.165) is 25.7 Å². The maximum Gasteiger partial charge on any atom is 0.325 e. The van der Waals surface area contributed by atoms with Crippen molar-refractivity contribution in [3.8, 4) is 0 Å². The van der Waals surface area contributed by atoms with E-state index in [1.165, 1.54) is 0 Å². The van der Waals surface area contributed by atoms with Crippen molar-refractivity contribution in [2.24, 2.45) is 11.7 Å². The van der Waals surface area contributed by atoms with Gasteiger partial charge in [0, 0.05) is 19.0 Å². The van der Waals surface area contributed by atoms with E-state index in [4.69, 9.17) is 10.8 Å². The van der Waals surface area contributed by atoms with Crippen molar-refractivity contribution in [3.63, 3.8) is 0 Å². The largest absolute Gasteiger partial charge is 0.480 e. The summed E-state index contributed by atoms with van der Waals surface area (Å²) in [5.74, 6) is -0.795. The number of hydrogen-bond acceptors (Lipinski definition) is 3. The molecule has 1 saturated heterocycles. The van der Waals surface area contributed by atoms with Gasteiger partial charge in [0.25, 0.3) is 0 Å². The highest BCUT2D eigenvalue weighted by molar-refractivity contribution is 5.84. The monoisotopic (exact) mass is 226 g/mol. The zero-order chi connectivity index (χ0) is 11.8. The molecule has 3 N–H and O–H groups in total. The van der Waals surface area contributed by atoms with E-state index in [-0.39, 0.29) is 18.4 Å². The number of carbonyl (C=O) groups excluding carboxylic acids is 1. The van der Waals surface area contributed by atoms with Crippen LogP contribution in [0.25, 0.3) is 0 Å². The van der Waals surface area contributed by atoms with Crippen molar-refractivity contribution in [1.82, 2.24) is 4.90 Å². The van der Waals surface area contributed by atoms with Crippen LogP contribution in [0.15, 0.2) is 0 Å². The number of rotatable bonds is 2. The predicted molar refractivity (Wildman–Crippen MR) is 57.7 cm³/mol. The fourth-order valence-electron chi connectivity index (χ4n) is 2.63. The predicted octanol–water partition coefficient (Wildman–Crippen LogP) is 0.191. The van der Waals surface area contributed by atoms with Gasteiger partial charge < -0.3 is 15.7 Å². The summed E-state index contributed by atoms with van der Waals surface area (Å²) < 4.78 is 0. The van der Waals surface area contributed by atoms with Gasteiger partial charge >= 0.3 is 5.97 Å². The van der Waals surface area contributed by atoms with Gasteiger partial charge in [-0.2, -0.15) is 0 Å². The van der Waals surface area contributed by atoms with Crippen LogP contribution in [0.2, 0.25) is 0 Å². The summed E-state index contributed by atoms with van der Waals surface area (Å²) in [5.41, 5.74) is 4.51. The van der Waals surface area contributed by atoms with E-state index in [1.807, 2.05) is 0 Å². The minimum absolute atomic E-state index is 0.103. The molecule has 1 aliphatic carbocycles. The van der Waals surface area contributed by atoms with Gasteiger partial charge in [-0.3, -0.25) is 9.59 Å². The van der Waals surface area contributed by atoms with Crippen molar-refractivity contribution in [3.05, 3.63) is 0 Å². The molecule has 1 unspecified atom stereocenters. The highest BCUT2D eigenvalue weighted by atomic mass is 16.4. The van der Waals surface area contributed by atoms with Crippen LogP contribution in [-0.4, -0.2) is 40.5 Å². The molecule has 2 rings (SSSR count). The van der Waals surface area contributed by atoms with E-state index in [0.29, 0.717) is 13.0 Å². The number of carboxylic acid groups (broad SMARTS) is 1. The third-order valence-corrected chi connectivity index (χ3v) is 3.74. The second kappa shape index (κ2) is 4.05. The van der Waals surface area contributed by atoms with E-state index in [9.17, 15) is 9.59 Å². The van der Waals surface area contributed by atoms with Crippen molar-refractivity contribution in [2.75, 3.05) is 13.1 Å². The van der Waals surface area contributed by atoms with Crippen LogP contribution in [0.3, 0.4) is 0 Å². The lowest BCUT2D eigenvalue weighted by Gasteiger charge is -2.22. The fourth-order valence-corrected chi connectivity index (χ4v) is 2.63. The first-order valence-corrected chi connectivity index (χ1v) is 5.84. The molecule has 1 amide bonds. The Bertz CT molecular complexity index is 312. The summed E-state index contributed by atoms with van der Waals surface area (Å²) in [4.78, 5) is 24.6. The number of aliphatic carboxylic acids is 1. The number of likely N-dealkylation sites (tertiary alicyclic amines) is 1. The van der Waals surface area contributed by atoms with Crippen LogP contribution < -0.4 is 5.73 Å². The molecule has 16 heavy (non-hydrogen) atoms. The van der Waals surface area contributed by atoms with Crippen LogP contribution in [0.1, 0.15) is 32.1 Å². The molecule has 5 heteroatoms. The molecule has 2 fully saturated rings. The lowest BCUT2D eigenvalue weighted by atomic mass is 10.0. The molecule has 0 radical (unpaired) electrons. The zero-order valence-electron chi connectivity index (χ0n) is 9.32. The smallest absolute Gasteiger partial charge is 0.325 e. The van der Waals surface area contributed by atoms with Crippen LogP contribution in [-0.2, 0) is 9.59 Å². The third-order valence-electron chi connectivity index (χ3n) is 3.74. The topological polar surface area (TPSA) is 83.6 Å². The minimum atomic E-state index is -1.23. The summed E-state index contributed by atoms with van der Waals surface area (Å²) in [7, 11) is 0. The Kier molecular flexibility index (Phi) is 2.88. The quantitative estimate of drug-likeness (QED) is 0.704. The second-order valence-corrected chi connectivity index (χ2v) is 4.95. The van der Waals surface area contributed by atoms with Gasteiger partial charge in [-0.1, -0.05) is 12.8 Å². The Morgan fingerprint density at radius 2 is 1.94 bits per heavy atom. The summed E-state index contributed by atoms with van der Waals surface area (Å²) in [5, 5.41) is 8.97. The van der Waals surface area contributed by atoms with Crippen LogP contribution in [0, 0.1) is 5.92 Å². The molecule has 1 heterocycles. The van der Waals surface area contributed by atoms with E-state index >= 15 is 0 Å². The Labute approximate surface area is 94.6 Å². The maximum absolute atomic E-state index is 12.0. The molecule has 0 aromatic heterocycles. The lowest BCUT2D eigenvalue weighted by Crippen LogP contribution is -2.51. The first-order valence-electron chi connectivity index (χ1n) is 5.84. The highest BCUT2D eigenvalue weighted by Gasteiger charge is 2.44. The number of nitrogens with zero attached hydrogens (tertiary/aromatic N) is 1. The van der Waals surface area contributed by atoms with E-state index < -0.39 is 11.5 Å². The third kappa shape index (κ3) is 1.91. The summed E-state index contributed by atoms with van der Waals surface area (Å²) >= 11 is 0.